The van der Waals surface area contributed by atoms with Crippen LogP contribution in [0, 0.1) is 0 Å². The van der Waals surface area contributed by atoms with Gasteiger partial charge in [0, 0.05) is 10.6 Å². The highest BCUT2D eigenvalue weighted by Gasteiger charge is 2.22. The number of piperazine rings is 1. The number of thiocarbonyl (C=S) groups is 1. The number of hydrogen-bond donors (Lipinski definition) is 2. The summed E-state index contributed by atoms with van der Waals surface area (Å²) in [5.74, 6) is -0.197. The van der Waals surface area contributed by atoms with Crippen molar-refractivity contribution in [3.8, 4) is 0 Å². The first-order chi connectivity index (χ1) is 13.1. The van der Waals surface area contributed by atoms with Gasteiger partial charge in [-0.05, 0) is 48.1 Å². The third-order valence-electron chi connectivity index (χ3n) is 4.60. The molecule has 1 heterocycles. The molecule has 1 aliphatic rings. The van der Waals surface area contributed by atoms with E-state index in [0.717, 1.165) is 32.7 Å². The van der Waals surface area contributed by atoms with Crippen molar-refractivity contribution in [1.29, 1.82) is 0 Å². The van der Waals surface area contributed by atoms with Crippen molar-refractivity contribution in [2.24, 2.45) is 0 Å². The number of rotatable bonds is 4. The Kier molecular flexibility index (Phi) is 6.98. The molecule has 0 saturated carbocycles. The summed E-state index contributed by atoms with van der Waals surface area (Å²) in [7, 11) is 0. The molecule has 0 unspecified atom stereocenters. The van der Waals surface area contributed by atoms with E-state index in [1.165, 1.54) is 10.5 Å². The van der Waals surface area contributed by atoms with Gasteiger partial charge in [0.2, 0.25) is 0 Å². The topological polar surface area (TPSA) is 36.8 Å². The van der Waals surface area contributed by atoms with Gasteiger partial charge in [-0.25, -0.2) is 0 Å². The van der Waals surface area contributed by atoms with Crippen molar-refractivity contribution < 1.29 is 9.69 Å². The van der Waals surface area contributed by atoms with Crippen LogP contribution in [0.3, 0.4) is 0 Å². The van der Waals surface area contributed by atoms with E-state index in [4.69, 9.17) is 23.8 Å². The minimum Gasteiger partial charge on any atom is -0.338 e. The average molecular weight is 401 g/mol. The molecular weight excluding hydrogens is 378 g/mol. The Bertz CT molecular complexity index is 800. The second-order valence-corrected chi connectivity index (χ2v) is 7.34. The Morgan fingerprint density at radius 2 is 1.78 bits per heavy atom. The van der Waals surface area contributed by atoms with Crippen molar-refractivity contribution in [3.63, 3.8) is 0 Å². The van der Waals surface area contributed by atoms with Crippen LogP contribution in [0.4, 0.5) is 0 Å². The lowest BCUT2D eigenvalue weighted by molar-refractivity contribution is -0.897. The number of benzene rings is 2. The van der Waals surface area contributed by atoms with Crippen molar-refractivity contribution in [1.82, 2.24) is 10.2 Å². The van der Waals surface area contributed by atoms with Crippen LogP contribution in [0.1, 0.15) is 15.9 Å². The number of halogens is 1. The number of quaternary nitrogens is 1. The molecule has 1 saturated heterocycles. The number of nitrogens with zero attached hydrogens (tertiary/aromatic N) is 1. The summed E-state index contributed by atoms with van der Waals surface area (Å²) in [6.07, 6.45) is 4.39. The Morgan fingerprint density at radius 1 is 1.11 bits per heavy atom. The number of carbonyl (C=O) groups excluding carboxylic acids is 1. The molecule has 2 N–H and O–H groups in total. The molecule has 2 aromatic carbocycles. The van der Waals surface area contributed by atoms with Gasteiger partial charge in [-0.1, -0.05) is 48.0 Å². The first-order valence-electron chi connectivity index (χ1n) is 9.03. The van der Waals surface area contributed by atoms with Gasteiger partial charge in [-0.15, -0.1) is 0 Å². The van der Waals surface area contributed by atoms with Gasteiger partial charge in [0.15, 0.2) is 5.11 Å². The smallest absolute Gasteiger partial charge is 0.257 e. The third-order valence-corrected chi connectivity index (χ3v) is 5.21. The fraction of sp³-hybridized carbons (Fsp3) is 0.238. The monoisotopic (exact) mass is 400 g/mol. The average Bonchev–Trinajstić information content (AvgIpc) is 2.70. The second kappa shape index (κ2) is 9.65. The molecule has 1 fully saturated rings. The van der Waals surface area contributed by atoms with Crippen molar-refractivity contribution >= 4 is 40.9 Å². The lowest BCUT2D eigenvalue weighted by Crippen LogP contribution is -3.14. The van der Waals surface area contributed by atoms with Crippen molar-refractivity contribution in [2.75, 3.05) is 32.7 Å². The predicted molar refractivity (Wildman–Crippen MR) is 114 cm³/mol. The number of hydrogen-bond acceptors (Lipinski definition) is 2. The van der Waals surface area contributed by atoms with Gasteiger partial charge in [0.1, 0.15) is 0 Å². The predicted octanol–water partition coefficient (Wildman–Crippen LogP) is 2.27. The van der Waals surface area contributed by atoms with Crippen LogP contribution in [0.5, 0.6) is 0 Å². The SMILES string of the molecule is O=C(NC(=S)N1CC[NH+](C/C=C/c2ccccc2)CC1)c1ccc(Cl)cc1. The summed E-state index contributed by atoms with van der Waals surface area (Å²) in [5.41, 5.74) is 1.78. The Labute approximate surface area is 170 Å². The molecular formula is C21H23ClN3OS+. The van der Waals surface area contributed by atoms with Crippen molar-refractivity contribution in [3.05, 3.63) is 76.8 Å². The van der Waals surface area contributed by atoms with E-state index in [1.54, 1.807) is 24.3 Å². The summed E-state index contributed by atoms with van der Waals surface area (Å²) >= 11 is 11.3. The fourth-order valence-electron chi connectivity index (χ4n) is 3.01. The summed E-state index contributed by atoms with van der Waals surface area (Å²) in [6, 6.07) is 17.1. The maximum absolute atomic E-state index is 12.3. The van der Waals surface area contributed by atoms with Crippen LogP contribution in [0.2, 0.25) is 5.02 Å². The molecule has 1 aliphatic heterocycles. The molecule has 0 radical (unpaired) electrons. The van der Waals surface area contributed by atoms with Gasteiger partial charge in [0.05, 0.1) is 32.7 Å². The standard InChI is InChI=1S/C21H22ClN3OS/c22-19-10-8-18(9-11-19)20(26)23-21(27)25-15-13-24(14-16-25)12-4-7-17-5-2-1-3-6-17/h1-11H,12-16H2,(H,23,26,27)/p+1/b7-4+. The Hall–Kier alpha value is -2.21. The maximum Gasteiger partial charge on any atom is 0.257 e. The molecule has 27 heavy (non-hydrogen) atoms. The van der Waals surface area contributed by atoms with Crippen LogP contribution < -0.4 is 10.2 Å². The lowest BCUT2D eigenvalue weighted by Gasteiger charge is -2.33. The van der Waals surface area contributed by atoms with Gasteiger partial charge < -0.3 is 9.80 Å². The highest BCUT2D eigenvalue weighted by atomic mass is 35.5. The third kappa shape index (κ3) is 5.89. The molecule has 4 nitrogen and oxygen atoms in total. The minimum atomic E-state index is -0.197. The Morgan fingerprint density at radius 3 is 2.44 bits per heavy atom. The fourth-order valence-corrected chi connectivity index (χ4v) is 3.41. The van der Waals surface area contributed by atoms with Gasteiger partial charge in [0.25, 0.3) is 5.91 Å². The highest BCUT2D eigenvalue weighted by molar-refractivity contribution is 7.80. The normalized spacial score (nSPS) is 15.1. The van der Waals surface area contributed by atoms with E-state index in [-0.39, 0.29) is 5.91 Å². The zero-order valence-electron chi connectivity index (χ0n) is 15.0. The van der Waals surface area contributed by atoms with E-state index in [2.05, 4.69) is 34.5 Å². The summed E-state index contributed by atoms with van der Waals surface area (Å²) in [6.45, 7) is 4.67. The van der Waals surface area contributed by atoms with Crippen molar-refractivity contribution in [2.45, 2.75) is 0 Å². The zero-order chi connectivity index (χ0) is 19.1. The molecule has 0 aromatic heterocycles. The summed E-state index contributed by atoms with van der Waals surface area (Å²) in [4.78, 5) is 15.8. The quantitative estimate of drug-likeness (QED) is 0.773. The van der Waals surface area contributed by atoms with Gasteiger partial charge in [-0.3, -0.25) is 10.1 Å². The first kappa shape index (κ1) is 19.5. The van der Waals surface area contributed by atoms with Crippen LogP contribution in [-0.4, -0.2) is 48.6 Å². The van der Waals surface area contributed by atoms with E-state index < -0.39 is 0 Å². The van der Waals surface area contributed by atoms with E-state index in [0.29, 0.717) is 15.7 Å². The van der Waals surface area contributed by atoms with E-state index >= 15 is 0 Å². The highest BCUT2D eigenvalue weighted by Crippen LogP contribution is 2.09. The second-order valence-electron chi connectivity index (χ2n) is 6.52. The maximum atomic E-state index is 12.3. The minimum absolute atomic E-state index is 0.197. The van der Waals surface area contributed by atoms with E-state index in [9.17, 15) is 4.79 Å². The Balaban J connectivity index is 1.43. The molecule has 1 amide bonds. The molecule has 3 rings (SSSR count). The zero-order valence-corrected chi connectivity index (χ0v) is 16.6. The lowest BCUT2D eigenvalue weighted by atomic mass is 10.2. The largest absolute Gasteiger partial charge is 0.338 e. The van der Waals surface area contributed by atoms with Gasteiger partial charge >= 0.3 is 0 Å². The molecule has 0 spiro atoms. The first-order valence-corrected chi connectivity index (χ1v) is 9.81. The van der Waals surface area contributed by atoms with Gasteiger partial charge in [-0.2, -0.15) is 0 Å². The van der Waals surface area contributed by atoms with Crippen LogP contribution in [-0.2, 0) is 0 Å². The summed E-state index contributed by atoms with van der Waals surface area (Å²) < 4.78 is 0. The number of nitrogens with one attached hydrogen (secondary N) is 2. The molecule has 140 valence electrons. The molecule has 2 aromatic rings. The van der Waals surface area contributed by atoms with Crippen LogP contribution in [0.25, 0.3) is 6.08 Å². The van der Waals surface area contributed by atoms with E-state index in [1.807, 2.05) is 18.2 Å². The number of carbonyl (C=O) groups is 1. The molecule has 0 aliphatic carbocycles. The summed E-state index contributed by atoms with van der Waals surface area (Å²) in [5, 5.41) is 3.92. The molecule has 0 bridgehead atoms. The van der Waals surface area contributed by atoms with Crippen LogP contribution >= 0.6 is 23.8 Å². The number of amides is 1. The molecule has 6 heteroatoms. The van der Waals surface area contributed by atoms with Crippen LogP contribution in [0.15, 0.2) is 60.7 Å². The molecule has 0 atom stereocenters.